The van der Waals surface area contributed by atoms with Crippen LogP contribution in [0.15, 0.2) is 45.8 Å². The number of amides is 5. The predicted octanol–water partition coefficient (Wildman–Crippen LogP) is 1.71. The lowest BCUT2D eigenvalue weighted by atomic mass is 10.1. The number of hydrogen-bond donors (Lipinski definition) is 3. The van der Waals surface area contributed by atoms with Gasteiger partial charge in [0, 0.05) is 62.3 Å². The average molecular weight is 1110 g/mol. The van der Waals surface area contributed by atoms with Crippen molar-refractivity contribution in [3.8, 4) is 0 Å². The number of alkyl carbamates (subject to hydrolysis) is 1. The highest BCUT2D eigenvalue weighted by Crippen LogP contribution is 2.29. The van der Waals surface area contributed by atoms with Crippen molar-refractivity contribution in [2.75, 3.05) is 186 Å². The molecule has 0 aliphatic carbocycles. The average Bonchev–Trinajstić information content (AvgIpc) is 3.63. The Morgan fingerprint density at radius 3 is 1.62 bits per heavy atom. The van der Waals surface area contributed by atoms with E-state index in [9.17, 15) is 28.2 Å². The number of amidine groups is 1. The zero-order valence-corrected chi connectivity index (χ0v) is 46.0. The molecule has 0 saturated carbocycles. The van der Waals surface area contributed by atoms with Gasteiger partial charge in [-0.05, 0) is 51.6 Å². The second-order valence-corrected chi connectivity index (χ2v) is 18.7. The van der Waals surface area contributed by atoms with E-state index in [4.69, 9.17) is 62.7 Å². The maximum atomic E-state index is 13.5. The normalized spacial score (nSPS) is 13.6. The second kappa shape index (κ2) is 43.1. The van der Waals surface area contributed by atoms with Crippen LogP contribution in [0.1, 0.15) is 51.0 Å². The van der Waals surface area contributed by atoms with Crippen molar-refractivity contribution in [3.05, 3.63) is 41.5 Å². The van der Waals surface area contributed by atoms with E-state index in [1.54, 1.807) is 42.7 Å². The molecule has 2 aliphatic rings. The molecule has 1 aromatic carbocycles. The molecule has 0 bridgehead atoms. The zero-order chi connectivity index (χ0) is 55.6. The third-order valence-corrected chi connectivity index (χ3v) is 11.9. The Balaban J connectivity index is 0.979. The van der Waals surface area contributed by atoms with Crippen LogP contribution in [0.4, 0.5) is 10.5 Å². The molecule has 77 heavy (non-hydrogen) atoms. The van der Waals surface area contributed by atoms with Gasteiger partial charge in [0.25, 0.3) is 17.7 Å². The summed E-state index contributed by atoms with van der Waals surface area (Å²) < 4.78 is 74.2. The highest BCUT2D eigenvalue weighted by atomic mass is 32.2. The Labute approximate surface area is 455 Å². The fourth-order valence-corrected chi connectivity index (χ4v) is 7.60. The first-order valence-corrected chi connectivity index (χ1v) is 27.3. The van der Waals surface area contributed by atoms with Gasteiger partial charge in [-0.15, -0.1) is 0 Å². The maximum Gasteiger partial charge on any atom is 0.407 e. The van der Waals surface area contributed by atoms with Crippen LogP contribution in [0.25, 0.3) is 6.08 Å². The molecule has 1 unspecified atom stereocenters. The molecule has 0 radical (unpaired) electrons. The van der Waals surface area contributed by atoms with Gasteiger partial charge in [-0.3, -0.25) is 28.9 Å². The number of nitrogens with zero attached hydrogens (tertiary/aromatic N) is 4. The van der Waals surface area contributed by atoms with Crippen molar-refractivity contribution in [2.24, 2.45) is 10.7 Å². The van der Waals surface area contributed by atoms with Gasteiger partial charge in [-0.2, -0.15) is 0 Å². The molecule has 0 saturated heterocycles. The van der Waals surface area contributed by atoms with Crippen LogP contribution in [-0.4, -0.2) is 240 Å². The van der Waals surface area contributed by atoms with Crippen LogP contribution in [0.3, 0.4) is 0 Å². The van der Waals surface area contributed by atoms with Crippen LogP contribution >= 0.6 is 0 Å². The molecular weight excluding hydrogens is 1030 g/mol. The van der Waals surface area contributed by atoms with Gasteiger partial charge >= 0.3 is 6.09 Å². The van der Waals surface area contributed by atoms with Crippen LogP contribution in [0.5, 0.6) is 0 Å². The maximum absolute atomic E-state index is 13.5. The molecule has 2 aliphatic heterocycles. The van der Waals surface area contributed by atoms with Gasteiger partial charge in [-0.1, -0.05) is 19.4 Å². The van der Waals surface area contributed by atoms with Crippen LogP contribution in [-0.2, 0) is 87.1 Å². The number of carbonyl (C=O) groups excluding carboxylic acids is 5. The number of hydrogen-bond acceptors (Lipinski definition) is 20. The largest absolute Gasteiger partial charge is 0.447 e. The van der Waals surface area contributed by atoms with Gasteiger partial charge in [0.15, 0.2) is 0 Å². The van der Waals surface area contributed by atoms with Crippen LogP contribution < -0.4 is 16.4 Å². The van der Waals surface area contributed by atoms with Crippen molar-refractivity contribution in [3.63, 3.8) is 0 Å². The molecule has 1 aromatic rings. The van der Waals surface area contributed by atoms with E-state index in [1.165, 1.54) is 22.1 Å². The van der Waals surface area contributed by atoms with E-state index >= 15 is 0 Å². The number of fused-ring (bicyclic) bond motifs is 1. The Kier molecular flexibility index (Phi) is 37.2. The van der Waals surface area contributed by atoms with E-state index < -0.39 is 17.1 Å². The minimum Gasteiger partial charge on any atom is -0.447 e. The summed E-state index contributed by atoms with van der Waals surface area (Å²) in [6.07, 6.45) is 6.86. The summed E-state index contributed by atoms with van der Waals surface area (Å²) in [6.45, 7) is 11.4. The number of nitrogens with one attached hydrogen (secondary N) is 2. The molecule has 2 heterocycles. The third-order valence-electron chi connectivity index (χ3n) is 10.6. The van der Waals surface area contributed by atoms with Gasteiger partial charge in [0.2, 0.25) is 5.91 Å². The van der Waals surface area contributed by atoms with E-state index in [2.05, 4.69) is 15.6 Å². The van der Waals surface area contributed by atoms with Gasteiger partial charge in [0.1, 0.15) is 23.4 Å². The molecule has 26 heteroatoms. The summed E-state index contributed by atoms with van der Waals surface area (Å²) >= 11 is 0. The number of benzene rings is 1. The molecule has 25 nitrogen and oxygen atoms in total. The van der Waals surface area contributed by atoms with Crippen molar-refractivity contribution < 1.29 is 85.1 Å². The summed E-state index contributed by atoms with van der Waals surface area (Å²) in [5.41, 5.74) is 7.75. The number of unbranched alkanes of at least 4 members (excludes halogenated alkanes) is 2. The van der Waals surface area contributed by atoms with E-state index in [-0.39, 0.29) is 62.3 Å². The monoisotopic (exact) mass is 1110 g/mol. The van der Waals surface area contributed by atoms with Crippen LogP contribution in [0.2, 0.25) is 0 Å². The van der Waals surface area contributed by atoms with Crippen molar-refractivity contribution >= 4 is 58.3 Å². The lowest BCUT2D eigenvalue weighted by Crippen LogP contribution is -2.37. The minimum absolute atomic E-state index is 0.0264. The van der Waals surface area contributed by atoms with E-state index in [0.717, 1.165) is 6.42 Å². The van der Waals surface area contributed by atoms with Gasteiger partial charge < -0.3 is 68.5 Å². The number of aliphatic imine (C=N–C) groups is 1. The summed E-state index contributed by atoms with van der Waals surface area (Å²) in [4.78, 5) is 72.6. The van der Waals surface area contributed by atoms with Gasteiger partial charge in [0.05, 0.1) is 149 Å². The minimum atomic E-state index is -1.36. The molecule has 0 aromatic heterocycles. The molecule has 0 spiro atoms. The standard InChI is InChI=1S/C51H83N7O18S/c1-4-15-58(50(62)43-39-42-9-10-44(77(64)56(2)3)41-45(42)55-46(52)40-43)76-18-14-54-51(63)75-38-37-74-36-35-73-34-33-72-32-31-71-30-29-70-28-27-69-26-25-68-24-23-67-22-21-66-20-19-65-17-13-53-47(59)8-6-5-7-16-57-48(60)11-12-49(57)61/h9-12,39,41H,4-8,13-38,40H2,1-3H3,(H2,52,55)(H,53,59)(H,54,63). The van der Waals surface area contributed by atoms with Crippen molar-refractivity contribution in [1.82, 2.24) is 24.9 Å². The van der Waals surface area contributed by atoms with E-state index in [1.807, 2.05) is 6.92 Å². The lowest BCUT2D eigenvalue weighted by Gasteiger charge is -2.22. The SMILES string of the molecule is CCCN(OCCNC(=O)OCCOCCOCCOCCOCCOCCOCCOCCOCCOCCOCCNC(=O)CCCCCN1C(=O)C=CC1=O)C(=O)C1=Cc2ccc(S(=O)N(C)C)cc2N=C(N)C1. The summed E-state index contributed by atoms with van der Waals surface area (Å²) in [5.74, 6) is -0.740. The van der Waals surface area contributed by atoms with Crippen molar-refractivity contribution in [2.45, 2.75) is 50.3 Å². The first kappa shape index (κ1) is 66.5. The third kappa shape index (κ3) is 31.4. The lowest BCUT2D eigenvalue weighted by molar-refractivity contribution is -0.181. The first-order valence-electron chi connectivity index (χ1n) is 26.2. The fourth-order valence-electron chi connectivity index (χ4n) is 6.78. The number of carbonyl (C=O) groups is 5. The highest BCUT2D eigenvalue weighted by molar-refractivity contribution is 7.82. The van der Waals surface area contributed by atoms with E-state index in [0.29, 0.717) is 193 Å². The molecule has 0 fully saturated rings. The Hall–Kier alpha value is -4.81. The number of rotatable bonds is 48. The molecule has 4 N–H and O–H groups in total. The number of nitrogens with two attached hydrogens (primary N) is 1. The summed E-state index contributed by atoms with van der Waals surface area (Å²) in [5, 5.41) is 6.65. The quantitative estimate of drug-likeness (QED) is 0.0476. The summed E-state index contributed by atoms with van der Waals surface area (Å²) in [7, 11) is 2.07. The first-order chi connectivity index (χ1) is 37.5. The van der Waals surface area contributed by atoms with Gasteiger partial charge in [-0.25, -0.2) is 23.4 Å². The highest BCUT2D eigenvalue weighted by Gasteiger charge is 2.24. The molecule has 1 atom stereocenters. The number of ether oxygens (including phenoxy) is 11. The fraction of sp³-hybridized carbons (Fsp3) is 0.686. The zero-order valence-electron chi connectivity index (χ0n) is 45.2. The second-order valence-electron chi connectivity index (χ2n) is 17.0. The van der Waals surface area contributed by atoms with Crippen molar-refractivity contribution in [1.29, 1.82) is 0 Å². The molecule has 436 valence electrons. The Bertz CT molecular complexity index is 1960. The molecular formula is C51H83N7O18S. The predicted molar refractivity (Wildman–Crippen MR) is 283 cm³/mol. The Morgan fingerprint density at radius 1 is 0.649 bits per heavy atom. The van der Waals surface area contributed by atoms with Crippen LogP contribution in [0, 0.1) is 0 Å². The Morgan fingerprint density at radius 2 is 1.13 bits per heavy atom. The molecule has 3 rings (SSSR count). The summed E-state index contributed by atoms with van der Waals surface area (Å²) in [6, 6.07) is 5.19. The topological polar surface area (TPSA) is 285 Å². The number of imide groups is 1. The smallest absolute Gasteiger partial charge is 0.407 e. The molecule has 5 amide bonds. The number of hydroxylamine groups is 2.